The molecule has 0 aromatic heterocycles. The van der Waals surface area contributed by atoms with Gasteiger partial charge in [-0.15, -0.1) is 0 Å². The molecule has 3 N–H and O–H groups in total. The van der Waals surface area contributed by atoms with Crippen molar-refractivity contribution in [2.75, 3.05) is 37.2 Å². The molecule has 9 heteroatoms. The smallest absolute Gasteiger partial charge is 0.272 e. The number of hydrogen-bond donors (Lipinski definition) is 3. The largest absolute Gasteiger partial charge is 0.451 e. The Bertz CT molecular complexity index is 704. The molecular weight excluding hydrogens is 342 g/mol. The number of nitrogens with zero attached hydrogens (tertiary/aromatic N) is 1. The standard InChI is InChI=1S/C14H20ClN3O4S/c1-10-7-11(15)8-12-13(10)22-14(17-12,9-23(19,20)21)18-5-2-3-16-4-6-18/h7-8,16-17H,2-6,9H2,1H3,(H,19,20,21). The van der Waals surface area contributed by atoms with Crippen LogP contribution in [-0.4, -0.2) is 55.7 Å². The zero-order valence-electron chi connectivity index (χ0n) is 12.8. The monoisotopic (exact) mass is 361 g/mol. The molecule has 1 atom stereocenters. The third kappa shape index (κ3) is 3.56. The molecule has 1 fully saturated rings. The lowest BCUT2D eigenvalue weighted by Gasteiger charge is -2.38. The lowest BCUT2D eigenvalue weighted by atomic mass is 10.2. The van der Waals surface area contributed by atoms with Crippen molar-refractivity contribution in [1.82, 2.24) is 10.2 Å². The molecule has 23 heavy (non-hydrogen) atoms. The Labute approximate surface area is 140 Å². The van der Waals surface area contributed by atoms with E-state index in [2.05, 4.69) is 10.6 Å². The molecule has 1 saturated heterocycles. The Morgan fingerprint density at radius 1 is 1.39 bits per heavy atom. The van der Waals surface area contributed by atoms with Crippen LogP contribution in [0.1, 0.15) is 12.0 Å². The zero-order chi connectivity index (χ0) is 16.7. The van der Waals surface area contributed by atoms with Gasteiger partial charge >= 0.3 is 0 Å². The summed E-state index contributed by atoms with van der Waals surface area (Å²) >= 11 is 6.08. The average Bonchev–Trinajstić information content (AvgIpc) is 2.61. The number of fused-ring (bicyclic) bond motifs is 1. The second kappa shape index (κ2) is 6.10. The summed E-state index contributed by atoms with van der Waals surface area (Å²) in [4.78, 5) is 1.91. The van der Waals surface area contributed by atoms with Crippen molar-refractivity contribution in [3.05, 3.63) is 22.7 Å². The second-order valence-electron chi connectivity index (χ2n) is 5.93. The van der Waals surface area contributed by atoms with E-state index in [1.165, 1.54) is 0 Å². The molecule has 7 nitrogen and oxygen atoms in total. The van der Waals surface area contributed by atoms with E-state index in [0.29, 0.717) is 36.1 Å². The fraction of sp³-hybridized carbons (Fsp3) is 0.571. The highest BCUT2D eigenvalue weighted by molar-refractivity contribution is 7.85. The van der Waals surface area contributed by atoms with Crippen molar-refractivity contribution in [1.29, 1.82) is 0 Å². The van der Waals surface area contributed by atoms with Crippen LogP contribution in [0.4, 0.5) is 5.69 Å². The highest BCUT2D eigenvalue weighted by Crippen LogP contribution is 2.43. The molecule has 128 valence electrons. The molecule has 0 spiro atoms. The van der Waals surface area contributed by atoms with Gasteiger partial charge < -0.3 is 15.4 Å². The first-order valence-electron chi connectivity index (χ1n) is 7.47. The third-order valence-electron chi connectivity index (χ3n) is 4.07. The van der Waals surface area contributed by atoms with Crippen molar-refractivity contribution in [3.63, 3.8) is 0 Å². The first-order chi connectivity index (χ1) is 10.8. The van der Waals surface area contributed by atoms with Crippen LogP contribution in [0.2, 0.25) is 5.02 Å². The number of benzene rings is 1. The number of anilines is 1. The summed E-state index contributed by atoms with van der Waals surface area (Å²) in [6.07, 6.45) is 0.856. The summed E-state index contributed by atoms with van der Waals surface area (Å²) in [5.41, 5.74) is 1.45. The van der Waals surface area contributed by atoms with Crippen molar-refractivity contribution in [2.24, 2.45) is 0 Å². The van der Waals surface area contributed by atoms with Gasteiger partial charge in [-0.3, -0.25) is 4.55 Å². The summed E-state index contributed by atoms with van der Waals surface area (Å²) in [5, 5.41) is 6.94. The number of aryl methyl sites for hydroxylation is 1. The van der Waals surface area contributed by atoms with E-state index >= 15 is 0 Å². The van der Waals surface area contributed by atoms with E-state index in [4.69, 9.17) is 16.3 Å². The SMILES string of the molecule is Cc1cc(Cl)cc2c1OC(CS(=O)(=O)O)(N1CCCNCC1)N2. The van der Waals surface area contributed by atoms with E-state index in [-0.39, 0.29) is 0 Å². The molecule has 2 heterocycles. The van der Waals surface area contributed by atoms with Gasteiger partial charge in [0.15, 0.2) is 0 Å². The van der Waals surface area contributed by atoms with Crippen LogP contribution in [0.25, 0.3) is 0 Å². The number of halogens is 1. The zero-order valence-corrected chi connectivity index (χ0v) is 14.4. The van der Waals surface area contributed by atoms with E-state index in [1.54, 1.807) is 12.1 Å². The molecule has 0 saturated carbocycles. The maximum Gasteiger partial charge on any atom is 0.272 e. The van der Waals surface area contributed by atoms with Gasteiger partial charge in [-0.25, -0.2) is 4.90 Å². The fourth-order valence-corrected chi connectivity index (χ4v) is 4.20. The molecule has 0 amide bonds. The third-order valence-corrected chi connectivity index (χ3v) is 5.04. The fourth-order valence-electron chi connectivity index (χ4n) is 3.12. The number of hydrogen-bond acceptors (Lipinski definition) is 6. The van der Waals surface area contributed by atoms with Gasteiger partial charge in [0.25, 0.3) is 16.0 Å². The van der Waals surface area contributed by atoms with Gasteiger partial charge in [0, 0.05) is 24.7 Å². The molecule has 2 aliphatic rings. The number of ether oxygens (including phenoxy) is 1. The molecule has 3 rings (SSSR count). The van der Waals surface area contributed by atoms with Gasteiger partial charge in [0.1, 0.15) is 11.5 Å². The topological polar surface area (TPSA) is 90.9 Å². The number of rotatable bonds is 3. The van der Waals surface area contributed by atoms with Gasteiger partial charge in [-0.2, -0.15) is 8.42 Å². The summed E-state index contributed by atoms with van der Waals surface area (Å²) in [7, 11) is -4.25. The Morgan fingerprint density at radius 3 is 2.91 bits per heavy atom. The molecule has 0 radical (unpaired) electrons. The van der Waals surface area contributed by atoms with Crippen LogP contribution in [0, 0.1) is 6.92 Å². The molecule has 1 unspecified atom stereocenters. The Morgan fingerprint density at radius 2 is 2.17 bits per heavy atom. The van der Waals surface area contributed by atoms with E-state index in [9.17, 15) is 13.0 Å². The lowest BCUT2D eigenvalue weighted by molar-refractivity contribution is -0.0294. The van der Waals surface area contributed by atoms with Crippen LogP contribution in [0.5, 0.6) is 5.75 Å². The molecule has 0 aliphatic carbocycles. The van der Waals surface area contributed by atoms with Crippen LogP contribution in [0.15, 0.2) is 12.1 Å². The van der Waals surface area contributed by atoms with Crippen molar-refractivity contribution in [2.45, 2.75) is 19.2 Å². The van der Waals surface area contributed by atoms with E-state index in [1.807, 2.05) is 11.8 Å². The maximum atomic E-state index is 11.6. The van der Waals surface area contributed by atoms with Crippen LogP contribution in [-0.2, 0) is 10.1 Å². The van der Waals surface area contributed by atoms with Gasteiger partial charge in [-0.1, -0.05) is 11.6 Å². The molecule has 1 aromatic carbocycles. The predicted molar refractivity (Wildman–Crippen MR) is 88.6 cm³/mol. The Kier molecular flexibility index (Phi) is 4.45. The summed E-state index contributed by atoms with van der Waals surface area (Å²) in [6.45, 7) is 4.67. The van der Waals surface area contributed by atoms with E-state index < -0.39 is 21.7 Å². The van der Waals surface area contributed by atoms with Gasteiger partial charge in [0.05, 0.1) is 5.69 Å². The normalized spacial score (nSPS) is 25.3. The second-order valence-corrected chi connectivity index (χ2v) is 7.82. The lowest BCUT2D eigenvalue weighted by Crippen LogP contribution is -2.61. The van der Waals surface area contributed by atoms with Gasteiger partial charge in [0.2, 0.25) is 0 Å². The van der Waals surface area contributed by atoms with Gasteiger partial charge in [-0.05, 0) is 37.6 Å². The van der Waals surface area contributed by atoms with Crippen molar-refractivity contribution >= 4 is 27.4 Å². The molecule has 0 bridgehead atoms. The quantitative estimate of drug-likeness (QED) is 0.699. The predicted octanol–water partition coefficient (Wildman–Crippen LogP) is 1.29. The molecule has 2 aliphatic heterocycles. The number of nitrogens with one attached hydrogen (secondary N) is 2. The Hall–Kier alpha value is -1.06. The van der Waals surface area contributed by atoms with Crippen LogP contribution in [0.3, 0.4) is 0 Å². The molecule has 1 aromatic rings. The average molecular weight is 362 g/mol. The maximum absolute atomic E-state index is 11.6. The van der Waals surface area contributed by atoms with Crippen LogP contribution < -0.4 is 15.4 Å². The van der Waals surface area contributed by atoms with Crippen molar-refractivity contribution in [3.8, 4) is 5.75 Å². The minimum Gasteiger partial charge on any atom is -0.451 e. The Balaban J connectivity index is 1.99. The van der Waals surface area contributed by atoms with Crippen molar-refractivity contribution < 1.29 is 17.7 Å². The van der Waals surface area contributed by atoms with E-state index in [0.717, 1.165) is 18.5 Å². The van der Waals surface area contributed by atoms with Crippen LogP contribution >= 0.6 is 11.6 Å². The highest BCUT2D eigenvalue weighted by Gasteiger charge is 2.48. The first-order valence-corrected chi connectivity index (χ1v) is 9.46. The summed E-state index contributed by atoms with van der Waals surface area (Å²) in [6, 6.07) is 3.46. The first kappa shape index (κ1) is 16.8. The summed E-state index contributed by atoms with van der Waals surface area (Å²) in [5.74, 6) is -1.32. The minimum atomic E-state index is -4.25. The highest BCUT2D eigenvalue weighted by atomic mass is 35.5. The molecular formula is C14H20ClN3O4S. The summed E-state index contributed by atoms with van der Waals surface area (Å²) < 4.78 is 38.7. The minimum absolute atomic E-state index is 0.539.